The number of carbonyl (C=O) groups excluding carboxylic acids is 2. The summed E-state index contributed by atoms with van der Waals surface area (Å²) >= 11 is 0. The van der Waals surface area contributed by atoms with Crippen LogP contribution in [0.2, 0.25) is 0 Å². The lowest BCUT2D eigenvalue weighted by molar-refractivity contribution is -0.119. The number of aryl methyl sites for hydroxylation is 1. The second kappa shape index (κ2) is 7.37. The summed E-state index contributed by atoms with van der Waals surface area (Å²) in [5, 5.41) is 9.09. The van der Waals surface area contributed by atoms with Crippen molar-refractivity contribution in [3.8, 4) is 0 Å². The molecule has 1 heterocycles. The third-order valence-corrected chi connectivity index (χ3v) is 2.79. The maximum atomic E-state index is 11.8. The number of ether oxygens (including phenoxy) is 1. The Bertz CT molecular complexity index is 666. The second-order valence-electron chi connectivity index (χ2n) is 4.70. The number of carbonyl (C=O) groups is 2. The Morgan fingerprint density at radius 3 is 2.82 bits per heavy atom. The average Bonchev–Trinajstić information content (AvgIpc) is 2.92. The number of aromatic nitrogens is 1. The highest BCUT2D eigenvalue weighted by atomic mass is 16.5. The molecule has 1 aromatic carbocycles. The van der Waals surface area contributed by atoms with E-state index in [0.717, 1.165) is 5.56 Å². The molecule has 22 heavy (non-hydrogen) atoms. The van der Waals surface area contributed by atoms with Crippen LogP contribution >= 0.6 is 0 Å². The molecule has 0 aliphatic rings. The lowest BCUT2D eigenvalue weighted by Gasteiger charge is -2.07. The minimum absolute atomic E-state index is 0.00813. The molecule has 0 fully saturated rings. The van der Waals surface area contributed by atoms with Gasteiger partial charge in [-0.25, -0.2) is 0 Å². The second-order valence-corrected chi connectivity index (χ2v) is 4.70. The van der Waals surface area contributed by atoms with E-state index in [4.69, 9.17) is 9.26 Å². The van der Waals surface area contributed by atoms with Crippen LogP contribution in [0.1, 0.15) is 21.8 Å². The largest absolute Gasteiger partial charge is 0.375 e. The highest BCUT2D eigenvalue weighted by Crippen LogP contribution is 2.11. The summed E-state index contributed by atoms with van der Waals surface area (Å²) < 4.78 is 9.64. The molecule has 0 spiro atoms. The molecule has 0 saturated carbocycles. The number of anilines is 1. The van der Waals surface area contributed by atoms with Crippen LogP contribution in [0.3, 0.4) is 0 Å². The number of amides is 2. The highest BCUT2D eigenvalue weighted by molar-refractivity contribution is 5.92. The van der Waals surface area contributed by atoms with Crippen molar-refractivity contribution < 1.29 is 18.8 Å². The van der Waals surface area contributed by atoms with Crippen molar-refractivity contribution in [1.82, 2.24) is 10.5 Å². The first-order valence-corrected chi connectivity index (χ1v) is 6.67. The zero-order valence-electron chi connectivity index (χ0n) is 12.4. The highest BCUT2D eigenvalue weighted by Gasteiger charge is 2.11. The third kappa shape index (κ3) is 4.42. The van der Waals surface area contributed by atoms with Gasteiger partial charge in [0.05, 0.1) is 5.69 Å². The van der Waals surface area contributed by atoms with Gasteiger partial charge in [0.1, 0.15) is 6.61 Å². The minimum Gasteiger partial charge on any atom is -0.375 e. The van der Waals surface area contributed by atoms with Crippen molar-refractivity contribution in [2.45, 2.75) is 13.5 Å². The van der Waals surface area contributed by atoms with E-state index < -0.39 is 0 Å². The predicted octanol–water partition coefficient (Wildman–Crippen LogP) is 1.50. The number of methoxy groups -OCH3 is 1. The van der Waals surface area contributed by atoms with E-state index in [-0.39, 0.29) is 24.2 Å². The van der Waals surface area contributed by atoms with E-state index in [1.165, 1.54) is 7.11 Å². The van der Waals surface area contributed by atoms with Crippen molar-refractivity contribution in [2.24, 2.45) is 0 Å². The molecule has 116 valence electrons. The van der Waals surface area contributed by atoms with Crippen LogP contribution in [0.5, 0.6) is 0 Å². The molecule has 1 aromatic heterocycles. The Balaban J connectivity index is 1.93. The summed E-state index contributed by atoms with van der Waals surface area (Å²) in [6.45, 7) is 2.05. The first-order valence-electron chi connectivity index (χ1n) is 6.67. The van der Waals surface area contributed by atoms with Crippen molar-refractivity contribution >= 4 is 17.5 Å². The number of hydrogen-bond acceptors (Lipinski definition) is 5. The Morgan fingerprint density at radius 2 is 2.14 bits per heavy atom. The standard InChI is InChI=1S/C15H17N3O4/c1-10-6-13(22-18-10)15(20)16-8-11-4-3-5-12(7-11)17-14(19)9-21-2/h3-7H,8-9H2,1-2H3,(H,16,20)(H,17,19). The summed E-state index contributed by atoms with van der Waals surface area (Å²) in [6, 6.07) is 8.75. The van der Waals surface area contributed by atoms with Gasteiger partial charge in [0.25, 0.3) is 5.91 Å². The topological polar surface area (TPSA) is 93.5 Å². The molecule has 0 unspecified atom stereocenters. The van der Waals surface area contributed by atoms with Crippen LogP contribution < -0.4 is 10.6 Å². The van der Waals surface area contributed by atoms with E-state index in [9.17, 15) is 9.59 Å². The van der Waals surface area contributed by atoms with E-state index in [1.807, 2.05) is 6.07 Å². The number of hydrogen-bond donors (Lipinski definition) is 2. The number of nitrogens with zero attached hydrogens (tertiary/aromatic N) is 1. The molecule has 0 radical (unpaired) electrons. The first kappa shape index (κ1) is 15.7. The van der Waals surface area contributed by atoms with Gasteiger partial charge >= 0.3 is 0 Å². The van der Waals surface area contributed by atoms with Crippen molar-refractivity contribution in [3.05, 3.63) is 47.3 Å². The Labute approximate surface area is 127 Å². The van der Waals surface area contributed by atoms with E-state index in [2.05, 4.69) is 15.8 Å². The Kier molecular flexibility index (Phi) is 5.26. The Morgan fingerprint density at radius 1 is 1.32 bits per heavy atom. The number of nitrogens with one attached hydrogen (secondary N) is 2. The van der Waals surface area contributed by atoms with Gasteiger partial charge in [-0.2, -0.15) is 0 Å². The quantitative estimate of drug-likeness (QED) is 0.843. The van der Waals surface area contributed by atoms with Gasteiger partial charge in [-0.1, -0.05) is 17.3 Å². The predicted molar refractivity (Wildman–Crippen MR) is 79.4 cm³/mol. The SMILES string of the molecule is COCC(=O)Nc1cccc(CNC(=O)c2cc(C)no2)c1. The lowest BCUT2D eigenvalue weighted by Crippen LogP contribution is -2.22. The molecular formula is C15H17N3O4. The molecule has 2 aromatic rings. The molecule has 2 N–H and O–H groups in total. The fourth-order valence-corrected chi connectivity index (χ4v) is 1.83. The van der Waals surface area contributed by atoms with E-state index in [0.29, 0.717) is 17.9 Å². The third-order valence-electron chi connectivity index (χ3n) is 2.79. The molecule has 7 heteroatoms. The van der Waals surface area contributed by atoms with Crippen LogP contribution in [-0.2, 0) is 16.1 Å². The summed E-state index contributed by atoms with van der Waals surface area (Å²) in [5.74, 6) is -0.405. The first-order chi connectivity index (χ1) is 10.6. The molecule has 0 atom stereocenters. The van der Waals surface area contributed by atoms with Crippen LogP contribution in [0.25, 0.3) is 0 Å². The van der Waals surface area contributed by atoms with Crippen molar-refractivity contribution in [1.29, 1.82) is 0 Å². The fraction of sp³-hybridized carbons (Fsp3) is 0.267. The molecule has 2 rings (SSSR count). The zero-order valence-corrected chi connectivity index (χ0v) is 12.4. The molecule has 7 nitrogen and oxygen atoms in total. The normalized spacial score (nSPS) is 10.3. The molecule has 0 aliphatic heterocycles. The van der Waals surface area contributed by atoms with Gasteiger partial charge in [-0.05, 0) is 24.6 Å². The van der Waals surface area contributed by atoms with Gasteiger partial charge < -0.3 is 19.9 Å². The van der Waals surface area contributed by atoms with Crippen LogP contribution in [0.15, 0.2) is 34.9 Å². The van der Waals surface area contributed by atoms with Gasteiger partial charge in [0.15, 0.2) is 0 Å². The summed E-state index contributed by atoms with van der Waals surface area (Å²) in [5.41, 5.74) is 2.14. The molecular weight excluding hydrogens is 286 g/mol. The van der Waals surface area contributed by atoms with Crippen molar-refractivity contribution in [3.63, 3.8) is 0 Å². The van der Waals surface area contributed by atoms with Crippen LogP contribution in [-0.4, -0.2) is 30.7 Å². The van der Waals surface area contributed by atoms with E-state index in [1.54, 1.807) is 31.2 Å². The molecule has 0 aliphatic carbocycles. The molecule has 0 bridgehead atoms. The number of rotatable bonds is 6. The van der Waals surface area contributed by atoms with Gasteiger partial charge in [0, 0.05) is 25.4 Å². The maximum absolute atomic E-state index is 11.8. The lowest BCUT2D eigenvalue weighted by atomic mass is 10.2. The monoisotopic (exact) mass is 303 g/mol. The van der Waals surface area contributed by atoms with Crippen LogP contribution in [0, 0.1) is 6.92 Å². The number of benzene rings is 1. The summed E-state index contributed by atoms with van der Waals surface area (Å²) in [6.07, 6.45) is 0. The minimum atomic E-state index is -0.338. The van der Waals surface area contributed by atoms with E-state index >= 15 is 0 Å². The zero-order chi connectivity index (χ0) is 15.9. The average molecular weight is 303 g/mol. The molecule has 2 amide bonds. The summed E-state index contributed by atoms with van der Waals surface area (Å²) in [7, 11) is 1.46. The smallest absolute Gasteiger partial charge is 0.290 e. The fourth-order valence-electron chi connectivity index (χ4n) is 1.83. The van der Waals surface area contributed by atoms with Crippen molar-refractivity contribution in [2.75, 3.05) is 19.0 Å². The van der Waals surface area contributed by atoms with Gasteiger partial charge in [-0.15, -0.1) is 0 Å². The molecule has 0 saturated heterocycles. The maximum Gasteiger partial charge on any atom is 0.290 e. The van der Waals surface area contributed by atoms with Crippen LogP contribution in [0.4, 0.5) is 5.69 Å². The summed E-state index contributed by atoms with van der Waals surface area (Å²) in [4.78, 5) is 23.3. The van der Waals surface area contributed by atoms with Gasteiger partial charge in [-0.3, -0.25) is 9.59 Å². The Hall–Kier alpha value is -2.67. The van der Waals surface area contributed by atoms with Gasteiger partial charge in [0.2, 0.25) is 11.7 Å².